The van der Waals surface area contributed by atoms with Crippen LogP contribution in [0.5, 0.6) is 5.75 Å². The topological polar surface area (TPSA) is 102 Å². The zero-order chi connectivity index (χ0) is 24.4. The fourth-order valence-electron chi connectivity index (χ4n) is 4.21. The van der Waals surface area contributed by atoms with Crippen LogP contribution in [0.25, 0.3) is 22.8 Å². The Morgan fingerprint density at radius 3 is 2.86 bits per heavy atom. The molecule has 1 amide bonds. The fourth-order valence-corrected chi connectivity index (χ4v) is 4.41. The number of benzene rings is 2. The number of hydrogen-bond donors (Lipinski definition) is 1. The zero-order valence-electron chi connectivity index (χ0n) is 19.0. The number of aromatic amines is 1. The molecule has 0 aliphatic carbocycles. The minimum atomic E-state index is -0.366. The molecule has 9 nitrogen and oxygen atoms in total. The first-order valence-electron chi connectivity index (χ1n) is 11.2. The van der Waals surface area contributed by atoms with Crippen LogP contribution < -0.4 is 4.74 Å². The highest BCUT2D eigenvalue weighted by molar-refractivity contribution is 7.71. The van der Waals surface area contributed by atoms with E-state index >= 15 is 0 Å². The first-order chi connectivity index (χ1) is 17.0. The van der Waals surface area contributed by atoms with Crippen molar-refractivity contribution in [3.8, 4) is 28.5 Å². The Morgan fingerprint density at radius 2 is 2.09 bits per heavy atom. The van der Waals surface area contributed by atoms with E-state index in [0.717, 1.165) is 24.2 Å². The number of nitrogens with zero attached hydrogens (tertiary/aromatic N) is 5. The summed E-state index contributed by atoms with van der Waals surface area (Å²) in [7, 11) is 1.60. The van der Waals surface area contributed by atoms with Crippen molar-refractivity contribution >= 4 is 18.1 Å². The van der Waals surface area contributed by atoms with Crippen LogP contribution in [0.2, 0.25) is 0 Å². The predicted octanol–water partition coefficient (Wildman–Crippen LogP) is 4.21. The molecule has 180 valence electrons. The van der Waals surface area contributed by atoms with Crippen molar-refractivity contribution in [1.82, 2.24) is 29.8 Å². The summed E-state index contributed by atoms with van der Waals surface area (Å²) in [6.45, 7) is 1.14. The Bertz CT molecular complexity index is 1400. The van der Waals surface area contributed by atoms with Gasteiger partial charge >= 0.3 is 0 Å². The molecule has 1 saturated heterocycles. The summed E-state index contributed by atoms with van der Waals surface area (Å²) in [5.74, 6) is 1.54. The lowest BCUT2D eigenvalue weighted by atomic mass is 9.98. The molecule has 4 aromatic rings. The number of methoxy groups -OCH3 is 1. The highest BCUT2D eigenvalue weighted by Gasteiger charge is 2.29. The van der Waals surface area contributed by atoms with Crippen LogP contribution in [0.3, 0.4) is 0 Å². The summed E-state index contributed by atoms with van der Waals surface area (Å²) in [5.41, 5.74) is 1.36. The van der Waals surface area contributed by atoms with E-state index in [9.17, 15) is 9.18 Å². The van der Waals surface area contributed by atoms with Gasteiger partial charge in [-0.05, 0) is 61.5 Å². The number of piperidine rings is 1. The number of aromatic nitrogens is 5. The van der Waals surface area contributed by atoms with Crippen molar-refractivity contribution in [2.75, 3.05) is 20.2 Å². The van der Waals surface area contributed by atoms with Gasteiger partial charge in [0.2, 0.25) is 17.6 Å². The molecule has 11 heteroatoms. The van der Waals surface area contributed by atoms with E-state index in [4.69, 9.17) is 21.5 Å². The van der Waals surface area contributed by atoms with Crippen molar-refractivity contribution in [2.24, 2.45) is 0 Å². The Balaban J connectivity index is 1.30. The van der Waals surface area contributed by atoms with Gasteiger partial charge < -0.3 is 14.2 Å². The molecule has 1 aliphatic heterocycles. The third kappa shape index (κ3) is 4.85. The number of likely N-dealkylation sites (tertiary alicyclic amines) is 1. The summed E-state index contributed by atoms with van der Waals surface area (Å²) in [6, 6.07) is 13.4. The molecule has 0 saturated carbocycles. The highest BCUT2D eigenvalue weighted by Crippen LogP contribution is 2.28. The van der Waals surface area contributed by atoms with E-state index < -0.39 is 0 Å². The van der Waals surface area contributed by atoms with Gasteiger partial charge in [0.25, 0.3) is 0 Å². The number of carbonyl (C=O) groups is 1. The Morgan fingerprint density at radius 1 is 1.26 bits per heavy atom. The van der Waals surface area contributed by atoms with Gasteiger partial charge in [0, 0.05) is 24.2 Å². The second-order valence-corrected chi connectivity index (χ2v) is 8.70. The molecule has 0 radical (unpaired) electrons. The second-order valence-electron chi connectivity index (χ2n) is 8.31. The molecule has 1 N–H and O–H groups in total. The van der Waals surface area contributed by atoms with Crippen LogP contribution >= 0.6 is 12.2 Å². The third-order valence-corrected chi connectivity index (χ3v) is 6.36. The smallest absolute Gasteiger partial charge is 0.242 e. The van der Waals surface area contributed by atoms with Crippen LogP contribution in [-0.2, 0) is 11.3 Å². The minimum absolute atomic E-state index is 0.0573. The number of amides is 1. The molecule has 2 aromatic carbocycles. The molecule has 0 bridgehead atoms. The van der Waals surface area contributed by atoms with E-state index in [0.29, 0.717) is 41.0 Å². The van der Waals surface area contributed by atoms with Crippen molar-refractivity contribution in [3.63, 3.8) is 0 Å². The maximum Gasteiger partial charge on any atom is 0.242 e. The molecule has 1 unspecified atom stereocenters. The standard InChI is InChI=1S/C24H23FN6O3S/c1-33-19-9-7-15(8-10-19)22-27-28-24(35)31(22)14-20(32)30-11-3-5-17(13-30)23-26-21(29-34-23)16-4-2-6-18(25)12-16/h2,4,6-10,12,17H,3,5,11,13-14H2,1H3,(H,28,35). The number of H-pyrrole nitrogens is 1. The van der Waals surface area contributed by atoms with E-state index in [1.165, 1.54) is 12.1 Å². The molecular formula is C24H23FN6O3S. The summed E-state index contributed by atoms with van der Waals surface area (Å²) in [5, 5.41) is 11.1. The minimum Gasteiger partial charge on any atom is -0.497 e. The van der Waals surface area contributed by atoms with E-state index in [2.05, 4.69) is 20.3 Å². The lowest BCUT2D eigenvalue weighted by Gasteiger charge is -2.31. The number of rotatable bonds is 6. The van der Waals surface area contributed by atoms with Gasteiger partial charge in [0.05, 0.1) is 13.0 Å². The van der Waals surface area contributed by atoms with Crippen molar-refractivity contribution < 1.29 is 18.4 Å². The van der Waals surface area contributed by atoms with E-state index in [1.54, 1.807) is 28.7 Å². The van der Waals surface area contributed by atoms with Crippen molar-refractivity contribution in [1.29, 1.82) is 0 Å². The third-order valence-electron chi connectivity index (χ3n) is 6.05. The van der Waals surface area contributed by atoms with Gasteiger partial charge in [-0.1, -0.05) is 17.3 Å². The van der Waals surface area contributed by atoms with E-state index in [-0.39, 0.29) is 24.2 Å². The normalized spacial score (nSPS) is 15.8. The van der Waals surface area contributed by atoms with Crippen molar-refractivity contribution in [2.45, 2.75) is 25.3 Å². The predicted molar refractivity (Wildman–Crippen MR) is 128 cm³/mol. The zero-order valence-corrected chi connectivity index (χ0v) is 19.8. The first-order valence-corrected chi connectivity index (χ1v) is 11.6. The average molecular weight is 495 g/mol. The highest BCUT2D eigenvalue weighted by atomic mass is 32.1. The average Bonchev–Trinajstić information content (AvgIpc) is 3.52. The van der Waals surface area contributed by atoms with E-state index in [1.807, 2.05) is 24.3 Å². The van der Waals surface area contributed by atoms with Gasteiger partial charge in [0.1, 0.15) is 18.1 Å². The maximum atomic E-state index is 13.6. The fraction of sp³-hybridized carbons (Fsp3) is 0.292. The van der Waals surface area contributed by atoms with Gasteiger partial charge in [-0.25, -0.2) is 4.39 Å². The summed E-state index contributed by atoms with van der Waals surface area (Å²) < 4.78 is 26.3. The largest absolute Gasteiger partial charge is 0.497 e. The Hall–Kier alpha value is -3.86. The number of carbonyl (C=O) groups excluding carboxylic acids is 1. The number of ether oxygens (including phenoxy) is 1. The van der Waals surface area contributed by atoms with Gasteiger partial charge in [-0.2, -0.15) is 10.1 Å². The van der Waals surface area contributed by atoms with Gasteiger partial charge in [-0.15, -0.1) is 0 Å². The Kier molecular flexibility index (Phi) is 6.41. The number of halogens is 1. The SMILES string of the molecule is COc1ccc(-c2n[nH]c(=S)n2CC(=O)N2CCCC(c3nc(-c4cccc(F)c4)no3)C2)cc1. The number of hydrogen-bond acceptors (Lipinski definition) is 7. The lowest BCUT2D eigenvalue weighted by molar-refractivity contribution is -0.133. The molecule has 5 rings (SSSR count). The molecule has 1 atom stereocenters. The summed E-state index contributed by atoms with van der Waals surface area (Å²) >= 11 is 5.39. The van der Waals surface area contributed by atoms with Crippen LogP contribution in [0.4, 0.5) is 4.39 Å². The van der Waals surface area contributed by atoms with Crippen molar-refractivity contribution in [3.05, 3.63) is 65.0 Å². The number of nitrogens with one attached hydrogen (secondary N) is 1. The first kappa shape index (κ1) is 22.9. The molecule has 3 heterocycles. The molecule has 1 fully saturated rings. The molecule has 35 heavy (non-hydrogen) atoms. The molecule has 2 aromatic heterocycles. The molecule has 0 spiro atoms. The van der Waals surface area contributed by atoms with Crippen LogP contribution in [0.1, 0.15) is 24.7 Å². The Labute approximate surface area is 205 Å². The van der Waals surface area contributed by atoms with Crippen LogP contribution in [0.15, 0.2) is 53.1 Å². The van der Waals surface area contributed by atoms with Crippen LogP contribution in [-0.4, -0.2) is 55.9 Å². The monoisotopic (exact) mass is 494 g/mol. The summed E-state index contributed by atoms with van der Waals surface area (Å²) in [4.78, 5) is 19.5. The maximum absolute atomic E-state index is 13.6. The van der Waals surface area contributed by atoms with Gasteiger partial charge in [0.15, 0.2) is 10.6 Å². The molecular weight excluding hydrogens is 471 g/mol. The summed E-state index contributed by atoms with van der Waals surface area (Å²) in [6.07, 6.45) is 1.62. The quantitative estimate of drug-likeness (QED) is 0.401. The lowest BCUT2D eigenvalue weighted by Crippen LogP contribution is -2.41. The second kappa shape index (κ2) is 9.79. The van der Waals surface area contributed by atoms with Crippen LogP contribution in [0, 0.1) is 10.6 Å². The van der Waals surface area contributed by atoms with Gasteiger partial charge in [-0.3, -0.25) is 14.5 Å². The molecule has 1 aliphatic rings.